The maximum Gasteiger partial charge on any atom is 0.508 e. The first-order valence-electron chi connectivity index (χ1n) is 7.49. The van der Waals surface area contributed by atoms with E-state index in [-0.39, 0.29) is 12.2 Å². The Labute approximate surface area is 147 Å². The number of rotatable bonds is 6. The van der Waals surface area contributed by atoms with Gasteiger partial charge in [-0.3, -0.25) is 9.41 Å². The molecule has 0 radical (unpaired) electrons. The second-order valence-electron chi connectivity index (χ2n) is 4.84. The quantitative estimate of drug-likeness (QED) is 0.351. The van der Waals surface area contributed by atoms with Crippen LogP contribution in [0.2, 0.25) is 0 Å². The van der Waals surface area contributed by atoms with E-state index in [2.05, 4.69) is 69.2 Å². The van der Waals surface area contributed by atoms with Gasteiger partial charge in [-0.25, -0.2) is 9.36 Å². The van der Waals surface area contributed by atoms with Gasteiger partial charge >= 0.3 is 13.8 Å². The molecule has 0 aliphatic carbocycles. The smallest absolute Gasteiger partial charge is 0.300 e. The summed E-state index contributed by atoms with van der Waals surface area (Å²) < 4.78 is 18.9. The molecular formula is C18H21O6P. The van der Waals surface area contributed by atoms with Crippen LogP contribution >= 0.6 is 7.82 Å². The Morgan fingerprint density at radius 1 is 1.04 bits per heavy atom. The van der Waals surface area contributed by atoms with Gasteiger partial charge < -0.3 is 4.89 Å². The summed E-state index contributed by atoms with van der Waals surface area (Å²) in [6.45, 7) is 6.07. The Kier molecular flexibility index (Phi) is 8.81. The summed E-state index contributed by atoms with van der Waals surface area (Å²) in [6, 6.07) is 20.8. The molecule has 0 aromatic heterocycles. The second-order valence-corrected chi connectivity index (χ2v) is 6.19. The molecule has 6 nitrogen and oxygen atoms in total. The van der Waals surface area contributed by atoms with Crippen molar-refractivity contribution >= 4 is 13.8 Å². The normalized spacial score (nSPS) is 12.3. The van der Waals surface area contributed by atoms with Crippen molar-refractivity contribution in [2.75, 3.05) is 6.61 Å². The average Bonchev–Trinajstić information content (AvgIpc) is 2.62. The molecule has 0 fully saturated rings. The SMILES string of the molecule is C=C(C)C(=O)OOP(=O)(O)OCC.c1ccc(-c2ccccc2)cc1. The third-order valence-corrected chi connectivity index (χ3v) is 3.58. The molecule has 0 amide bonds. The first kappa shape index (κ1) is 20.8. The molecule has 1 atom stereocenters. The predicted octanol–water partition coefficient (Wildman–Crippen LogP) is 4.53. The number of phosphoric ester groups is 1. The molecule has 1 N–H and O–H groups in total. The maximum atomic E-state index is 10.7. The van der Waals surface area contributed by atoms with Crippen LogP contribution in [0.1, 0.15) is 13.8 Å². The zero-order valence-electron chi connectivity index (χ0n) is 14.1. The van der Waals surface area contributed by atoms with Crippen LogP contribution in [-0.2, 0) is 23.4 Å². The van der Waals surface area contributed by atoms with Crippen molar-refractivity contribution in [1.82, 2.24) is 0 Å². The zero-order chi connectivity index (χ0) is 18.7. The van der Waals surface area contributed by atoms with Crippen molar-refractivity contribution in [2.45, 2.75) is 13.8 Å². The summed E-state index contributed by atoms with van der Waals surface area (Å²) in [5, 5.41) is 0. The van der Waals surface area contributed by atoms with Crippen LogP contribution in [0.4, 0.5) is 0 Å². The summed E-state index contributed by atoms with van der Waals surface area (Å²) in [5.74, 6) is -0.922. The van der Waals surface area contributed by atoms with E-state index >= 15 is 0 Å². The molecule has 0 aliphatic rings. The van der Waals surface area contributed by atoms with Crippen LogP contribution in [0, 0.1) is 0 Å². The molecule has 2 aromatic rings. The van der Waals surface area contributed by atoms with E-state index in [1.165, 1.54) is 25.0 Å². The van der Waals surface area contributed by atoms with Gasteiger partial charge in [0.05, 0.1) is 6.61 Å². The Bertz CT molecular complexity index is 677. The monoisotopic (exact) mass is 364 g/mol. The lowest BCUT2D eigenvalue weighted by Crippen LogP contribution is -2.05. The average molecular weight is 364 g/mol. The minimum Gasteiger partial charge on any atom is -0.300 e. The highest BCUT2D eigenvalue weighted by Crippen LogP contribution is 2.43. The van der Waals surface area contributed by atoms with Gasteiger partial charge in [-0.05, 0) is 25.0 Å². The van der Waals surface area contributed by atoms with E-state index in [0.717, 1.165) is 0 Å². The molecule has 2 aromatic carbocycles. The number of carbonyl (C=O) groups excluding carboxylic acids is 1. The van der Waals surface area contributed by atoms with E-state index in [0.29, 0.717) is 0 Å². The van der Waals surface area contributed by atoms with Crippen LogP contribution in [-0.4, -0.2) is 17.5 Å². The van der Waals surface area contributed by atoms with Crippen molar-refractivity contribution in [1.29, 1.82) is 0 Å². The molecule has 25 heavy (non-hydrogen) atoms. The van der Waals surface area contributed by atoms with E-state index < -0.39 is 13.8 Å². The van der Waals surface area contributed by atoms with Crippen LogP contribution in [0.25, 0.3) is 11.1 Å². The third-order valence-electron chi connectivity index (χ3n) is 2.73. The predicted molar refractivity (Wildman–Crippen MR) is 95.3 cm³/mol. The Balaban J connectivity index is 0.000000250. The number of carbonyl (C=O) groups is 1. The van der Waals surface area contributed by atoms with Gasteiger partial charge in [0.2, 0.25) is 0 Å². The van der Waals surface area contributed by atoms with Crippen LogP contribution < -0.4 is 0 Å². The number of hydrogen-bond acceptors (Lipinski definition) is 5. The Morgan fingerprint density at radius 3 is 1.84 bits per heavy atom. The van der Waals surface area contributed by atoms with E-state index in [1.54, 1.807) is 0 Å². The van der Waals surface area contributed by atoms with E-state index in [9.17, 15) is 9.36 Å². The number of hydrogen-bond donors (Lipinski definition) is 1. The summed E-state index contributed by atoms with van der Waals surface area (Å²) in [5.41, 5.74) is 2.60. The number of benzene rings is 2. The Hall–Kier alpha value is -2.24. The van der Waals surface area contributed by atoms with Crippen LogP contribution in [0.3, 0.4) is 0 Å². The van der Waals surface area contributed by atoms with Gasteiger partial charge in [-0.2, -0.15) is 0 Å². The molecule has 0 aliphatic heterocycles. The highest BCUT2D eigenvalue weighted by molar-refractivity contribution is 7.47. The minimum absolute atomic E-state index is 0.0294. The van der Waals surface area contributed by atoms with Gasteiger partial charge in [0.15, 0.2) is 0 Å². The molecule has 1 unspecified atom stereocenters. The molecule has 0 heterocycles. The molecule has 0 saturated heterocycles. The first-order chi connectivity index (χ1) is 11.9. The highest BCUT2D eigenvalue weighted by Gasteiger charge is 2.24. The Morgan fingerprint density at radius 2 is 1.48 bits per heavy atom. The molecule has 134 valence electrons. The molecule has 0 saturated carbocycles. The largest absolute Gasteiger partial charge is 0.508 e. The highest BCUT2D eigenvalue weighted by atomic mass is 31.2. The van der Waals surface area contributed by atoms with Gasteiger partial charge in [0, 0.05) is 5.57 Å². The second kappa shape index (κ2) is 10.6. The molecule has 7 heteroatoms. The summed E-state index contributed by atoms with van der Waals surface area (Å²) in [4.78, 5) is 23.4. The van der Waals surface area contributed by atoms with Crippen molar-refractivity contribution < 1.29 is 28.3 Å². The fraction of sp³-hybridized carbons (Fsp3) is 0.167. The first-order valence-corrected chi connectivity index (χ1v) is 8.99. The zero-order valence-corrected chi connectivity index (χ0v) is 15.0. The lowest BCUT2D eigenvalue weighted by atomic mass is 10.1. The van der Waals surface area contributed by atoms with Gasteiger partial charge in [0.25, 0.3) is 0 Å². The third kappa shape index (κ3) is 8.42. The van der Waals surface area contributed by atoms with Crippen molar-refractivity contribution in [3.8, 4) is 11.1 Å². The minimum atomic E-state index is -4.27. The molecule has 0 bridgehead atoms. The molecule has 2 rings (SSSR count). The summed E-state index contributed by atoms with van der Waals surface area (Å²) in [6.07, 6.45) is 0. The number of phosphoric acid groups is 1. The molecular weight excluding hydrogens is 343 g/mol. The standard InChI is InChI=1S/C12H10.C6H11O6P/c1-3-7-11(8-4-1)12-9-5-2-6-10-12;1-4-10-13(8,9)12-11-6(7)5(2)3/h1-10H;2,4H2,1,3H3,(H,8,9). The van der Waals surface area contributed by atoms with Gasteiger partial charge in [0.1, 0.15) is 0 Å². The van der Waals surface area contributed by atoms with Crippen molar-refractivity contribution in [2.24, 2.45) is 0 Å². The summed E-state index contributed by atoms with van der Waals surface area (Å²) in [7, 11) is -4.27. The van der Waals surface area contributed by atoms with Gasteiger partial charge in [-0.15, -0.1) is 0 Å². The lowest BCUT2D eigenvalue weighted by molar-refractivity contribution is -0.218. The van der Waals surface area contributed by atoms with Crippen molar-refractivity contribution in [3.05, 3.63) is 72.8 Å². The lowest BCUT2D eigenvalue weighted by Gasteiger charge is -2.08. The van der Waals surface area contributed by atoms with Gasteiger partial charge in [-0.1, -0.05) is 71.9 Å². The fourth-order valence-corrected chi connectivity index (χ4v) is 2.13. The van der Waals surface area contributed by atoms with Crippen molar-refractivity contribution in [3.63, 3.8) is 0 Å². The van der Waals surface area contributed by atoms with Crippen LogP contribution in [0.5, 0.6) is 0 Å². The van der Waals surface area contributed by atoms with E-state index in [4.69, 9.17) is 4.89 Å². The topological polar surface area (TPSA) is 82.1 Å². The van der Waals surface area contributed by atoms with Crippen LogP contribution in [0.15, 0.2) is 72.8 Å². The summed E-state index contributed by atoms with van der Waals surface area (Å²) >= 11 is 0. The maximum absolute atomic E-state index is 10.7. The fourth-order valence-electron chi connectivity index (χ4n) is 1.60. The van der Waals surface area contributed by atoms with E-state index in [1.807, 2.05) is 12.1 Å². The molecule has 0 spiro atoms.